The predicted molar refractivity (Wildman–Crippen MR) is 70.7 cm³/mol. The summed E-state index contributed by atoms with van der Waals surface area (Å²) in [5.74, 6) is 0.436. The number of rotatable bonds is 4. The summed E-state index contributed by atoms with van der Waals surface area (Å²) in [7, 11) is -3.17. The fraction of sp³-hybridized carbons (Fsp3) is 1.00. The molecule has 0 aliphatic carbocycles. The van der Waals surface area contributed by atoms with Crippen LogP contribution in [0.1, 0.15) is 32.6 Å². The van der Waals surface area contributed by atoms with Gasteiger partial charge in [0.05, 0.1) is 11.9 Å². The van der Waals surface area contributed by atoms with E-state index in [9.17, 15) is 8.42 Å². The van der Waals surface area contributed by atoms with Gasteiger partial charge in [-0.1, -0.05) is 0 Å². The third kappa shape index (κ3) is 3.44. The summed E-state index contributed by atoms with van der Waals surface area (Å²) < 4.78 is 31.7. The number of ether oxygens (including phenoxy) is 1. The maximum absolute atomic E-state index is 12.3. The van der Waals surface area contributed by atoms with E-state index in [4.69, 9.17) is 10.5 Å². The SMILES string of the molecule is CC(N)C1CCN(S(=O)(=O)CC2CCCCO2)C1. The molecule has 0 aromatic rings. The zero-order valence-electron chi connectivity index (χ0n) is 11.0. The van der Waals surface area contributed by atoms with E-state index in [1.165, 1.54) is 0 Å². The molecule has 6 heteroatoms. The standard InChI is InChI=1S/C12H24N2O3S/c1-10(13)11-5-6-14(8-11)18(15,16)9-12-4-2-3-7-17-12/h10-12H,2-9,13H2,1H3. The van der Waals surface area contributed by atoms with Crippen molar-refractivity contribution < 1.29 is 13.2 Å². The van der Waals surface area contributed by atoms with Crippen LogP contribution in [0.4, 0.5) is 0 Å². The molecular weight excluding hydrogens is 252 g/mol. The lowest BCUT2D eigenvalue weighted by molar-refractivity contribution is 0.0299. The van der Waals surface area contributed by atoms with Crippen molar-refractivity contribution in [1.29, 1.82) is 0 Å². The molecule has 2 fully saturated rings. The van der Waals surface area contributed by atoms with Crippen LogP contribution in [-0.2, 0) is 14.8 Å². The molecule has 2 aliphatic rings. The fourth-order valence-corrected chi connectivity index (χ4v) is 4.46. The Morgan fingerprint density at radius 3 is 2.72 bits per heavy atom. The van der Waals surface area contributed by atoms with Crippen LogP contribution in [0.3, 0.4) is 0 Å². The zero-order chi connectivity index (χ0) is 13.2. The molecule has 2 rings (SSSR count). The molecule has 0 bridgehead atoms. The van der Waals surface area contributed by atoms with E-state index in [1.54, 1.807) is 4.31 Å². The molecule has 0 saturated carbocycles. The number of nitrogens with two attached hydrogens (primary N) is 1. The van der Waals surface area contributed by atoms with Crippen LogP contribution >= 0.6 is 0 Å². The third-order valence-electron chi connectivity index (χ3n) is 3.99. The van der Waals surface area contributed by atoms with Crippen molar-refractivity contribution in [2.45, 2.75) is 44.8 Å². The molecule has 18 heavy (non-hydrogen) atoms. The largest absolute Gasteiger partial charge is 0.377 e. The first-order chi connectivity index (χ1) is 8.49. The van der Waals surface area contributed by atoms with E-state index in [1.807, 2.05) is 6.92 Å². The van der Waals surface area contributed by atoms with Gasteiger partial charge in [0.1, 0.15) is 0 Å². The van der Waals surface area contributed by atoms with E-state index >= 15 is 0 Å². The smallest absolute Gasteiger partial charge is 0.216 e. The van der Waals surface area contributed by atoms with Crippen LogP contribution in [0, 0.1) is 5.92 Å². The molecule has 0 aromatic carbocycles. The Hall–Kier alpha value is -0.170. The first-order valence-electron chi connectivity index (χ1n) is 6.84. The molecule has 0 radical (unpaired) electrons. The average molecular weight is 276 g/mol. The Kier molecular flexibility index (Phi) is 4.64. The Bertz CT molecular complexity index is 364. The highest BCUT2D eigenvalue weighted by Gasteiger charge is 2.34. The zero-order valence-corrected chi connectivity index (χ0v) is 11.9. The van der Waals surface area contributed by atoms with Crippen LogP contribution in [0.5, 0.6) is 0 Å². The van der Waals surface area contributed by atoms with Crippen LogP contribution in [0.15, 0.2) is 0 Å². The van der Waals surface area contributed by atoms with Gasteiger partial charge in [-0.3, -0.25) is 0 Å². The van der Waals surface area contributed by atoms with Gasteiger partial charge in [-0.15, -0.1) is 0 Å². The number of hydrogen-bond donors (Lipinski definition) is 1. The molecule has 5 nitrogen and oxygen atoms in total. The predicted octanol–water partition coefficient (Wildman–Crippen LogP) is 0.554. The minimum absolute atomic E-state index is 0.0659. The summed E-state index contributed by atoms with van der Waals surface area (Å²) in [6.45, 7) is 3.83. The highest BCUT2D eigenvalue weighted by atomic mass is 32.2. The number of hydrogen-bond acceptors (Lipinski definition) is 4. The van der Waals surface area contributed by atoms with Crippen LogP contribution in [-0.4, -0.2) is 50.3 Å². The minimum atomic E-state index is -3.17. The lowest BCUT2D eigenvalue weighted by Crippen LogP contribution is -2.38. The second-order valence-corrected chi connectivity index (χ2v) is 7.55. The summed E-state index contributed by atoms with van der Waals surface area (Å²) >= 11 is 0. The van der Waals surface area contributed by atoms with E-state index < -0.39 is 10.0 Å². The highest BCUT2D eigenvalue weighted by Crippen LogP contribution is 2.23. The molecule has 0 amide bonds. The van der Waals surface area contributed by atoms with Crippen molar-refractivity contribution in [3.05, 3.63) is 0 Å². The van der Waals surface area contributed by atoms with Crippen molar-refractivity contribution in [1.82, 2.24) is 4.31 Å². The van der Waals surface area contributed by atoms with Gasteiger partial charge >= 0.3 is 0 Å². The van der Waals surface area contributed by atoms with E-state index in [-0.39, 0.29) is 17.9 Å². The Morgan fingerprint density at radius 2 is 2.17 bits per heavy atom. The van der Waals surface area contributed by atoms with Gasteiger partial charge in [-0.05, 0) is 38.5 Å². The molecule has 2 aliphatic heterocycles. The second kappa shape index (κ2) is 5.86. The van der Waals surface area contributed by atoms with Gasteiger partial charge in [0, 0.05) is 25.7 Å². The third-order valence-corrected chi connectivity index (χ3v) is 5.91. The van der Waals surface area contributed by atoms with Gasteiger partial charge in [-0.25, -0.2) is 12.7 Å². The van der Waals surface area contributed by atoms with Gasteiger partial charge in [0.2, 0.25) is 10.0 Å². The maximum Gasteiger partial charge on any atom is 0.216 e. The quantitative estimate of drug-likeness (QED) is 0.814. The highest BCUT2D eigenvalue weighted by molar-refractivity contribution is 7.89. The molecule has 0 spiro atoms. The topological polar surface area (TPSA) is 72.6 Å². The Labute approximate surface area is 110 Å². The first-order valence-corrected chi connectivity index (χ1v) is 8.45. The molecule has 2 saturated heterocycles. The molecule has 2 heterocycles. The van der Waals surface area contributed by atoms with Crippen LogP contribution in [0.25, 0.3) is 0 Å². The van der Waals surface area contributed by atoms with Crippen molar-refractivity contribution >= 4 is 10.0 Å². The lowest BCUT2D eigenvalue weighted by atomic mass is 10.0. The molecule has 2 N–H and O–H groups in total. The summed E-state index contributed by atoms with van der Waals surface area (Å²) in [5, 5.41) is 0. The Morgan fingerprint density at radius 1 is 1.39 bits per heavy atom. The second-order valence-electron chi connectivity index (χ2n) is 5.53. The average Bonchev–Trinajstić information content (AvgIpc) is 2.79. The van der Waals surface area contributed by atoms with Crippen molar-refractivity contribution in [2.24, 2.45) is 11.7 Å². The summed E-state index contributed by atoms with van der Waals surface area (Å²) in [4.78, 5) is 0. The van der Waals surface area contributed by atoms with Gasteiger partial charge in [0.25, 0.3) is 0 Å². The summed E-state index contributed by atoms with van der Waals surface area (Å²) in [6.07, 6.45) is 3.75. The van der Waals surface area contributed by atoms with Gasteiger partial charge in [0.15, 0.2) is 0 Å². The van der Waals surface area contributed by atoms with E-state index in [0.29, 0.717) is 25.6 Å². The maximum atomic E-state index is 12.3. The first kappa shape index (κ1) is 14.2. The summed E-state index contributed by atoms with van der Waals surface area (Å²) in [5.41, 5.74) is 5.84. The summed E-state index contributed by atoms with van der Waals surface area (Å²) in [6, 6.07) is 0.0659. The fourth-order valence-electron chi connectivity index (χ4n) is 2.71. The monoisotopic (exact) mass is 276 g/mol. The van der Waals surface area contributed by atoms with Crippen molar-refractivity contribution in [2.75, 3.05) is 25.4 Å². The molecule has 3 unspecified atom stereocenters. The van der Waals surface area contributed by atoms with E-state index in [0.717, 1.165) is 25.7 Å². The molecule has 106 valence electrons. The molecule has 0 aromatic heterocycles. The number of sulfonamides is 1. The van der Waals surface area contributed by atoms with Gasteiger partial charge < -0.3 is 10.5 Å². The Balaban J connectivity index is 1.90. The van der Waals surface area contributed by atoms with Crippen molar-refractivity contribution in [3.63, 3.8) is 0 Å². The molecule has 3 atom stereocenters. The van der Waals surface area contributed by atoms with Crippen LogP contribution < -0.4 is 5.73 Å². The van der Waals surface area contributed by atoms with Crippen molar-refractivity contribution in [3.8, 4) is 0 Å². The number of nitrogens with zero attached hydrogens (tertiary/aromatic N) is 1. The minimum Gasteiger partial charge on any atom is -0.377 e. The van der Waals surface area contributed by atoms with Crippen LogP contribution in [0.2, 0.25) is 0 Å². The molecular formula is C12H24N2O3S. The van der Waals surface area contributed by atoms with Gasteiger partial charge in [-0.2, -0.15) is 0 Å². The van der Waals surface area contributed by atoms with E-state index in [2.05, 4.69) is 0 Å². The normalized spacial score (nSPS) is 32.6. The lowest BCUT2D eigenvalue weighted by Gasteiger charge is -2.25.